The van der Waals surface area contributed by atoms with E-state index in [0.717, 1.165) is 0 Å². The Kier molecular flexibility index (Phi) is 4.98. The van der Waals surface area contributed by atoms with Gasteiger partial charge in [0.15, 0.2) is 5.65 Å². The summed E-state index contributed by atoms with van der Waals surface area (Å²) in [6, 6.07) is 14.1. The number of H-pyrrole nitrogens is 1. The number of nitrogens with zero attached hydrogens (tertiary/aromatic N) is 5. The Bertz CT molecular complexity index is 1590. The second kappa shape index (κ2) is 7.99. The third-order valence-electron chi connectivity index (χ3n) is 4.87. The quantitative estimate of drug-likeness (QED) is 0.422. The van der Waals surface area contributed by atoms with Gasteiger partial charge >= 0.3 is 0 Å². The predicted octanol–water partition coefficient (Wildman–Crippen LogP) is 3.65. The zero-order chi connectivity index (χ0) is 23.1. The third kappa shape index (κ3) is 3.76. The topological polar surface area (TPSA) is 110 Å². The van der Waals surface area contributed by atoms with E-state index in [2.05, 4.69) is 25.5 Å². The number of benzene rings is 2. The molecule has 0 saturated heterocycles. The highest BCUT2D eigenvalue weighted by molar-refractivity contribution is 6.30. The Morgan fingerprint density at radius 2 is 1.94 bits per heavy atom. The number of aromatic amines is 1. The van der Waals surface area contributed by atoms with Crippen LogP contribution in [0.2, 0.25) is 5.02 Å². The first-order valence-electron chi connectivity index (χ1n) is 9.77. The van der Waals surface area contributed by atoms with Crippen molar-refractivity contribution in [1.29, 1.82) is 0 Å². The van der Waals surface area contributed by atoms with E-state index in [0.29, 0.717) is 16.4 Å². The first-order valence-corrected chi connectivity index (χ1v) is 10.2. The van der Waals surface area contributed by atoms with Gasteiger partial charge in [-0.3, -0.25) is 14.6 Å². The van der Waals surface area contributed by atoms with Crippen LogP contribution in [0.4, 0.5) is 10.2 Å². The van der Waals surface area contributed by atoms with Gasteiger partial charge in [-0.05, 0) is 37.3 Å². The minimum atomic E-state index is -0.665. The van der Waals surface area contributed by atoms with Crippen molar-refractivity contribution < 1.29 is 9.18 Å². The molecule has 0 fully saturated rings. The van der Waals surface area contributed by atoms with Crippen LogP contribution in [0, 0.1) is 12.7 Å². The van der Waals surface area contributed by atoms with Crippen molar-refractivity contribution in [1.82, 2.24) is 29.5 Å². The van der Waals surface area contributed by atoms with Gasteiger partial charge in [-0.1, -0.05) is 29.8 Å². The largest absolute Gasteiger partial charge is 0.306 e. The van der Waals surface area contributed by atoms with E-state index >= 15 is 0 Å². The Labute approximate surface area is 190 Å². The molecule has 0 spiro atoms. The Morgan fingerprint density at radius 3 is 2.73 bits per heavy atom. The molecule has 0 aliphatic heterocycles. The fraction of sp³-hybridized carbons (Fsp3) is 0.0455. The second-order valence-electron chi connectivity index (χ2n) is 7.18. The van der Waals surface area contributed by atoms with Crippen molar-refractivity contribution in [3.05, 3.63) is 93.2 Å². The predicted molar refractivity (Wildman–Crippen MR) is 121 cm³/mol. The fourth-order valence-electron chi connectivity index (χ4n) is 3.38. The minimum Gasteiger partial charge on any atom is -0.306 e. The molecule has 0 atom stereocenters. The lowest BCUT2D eigenvalue weighted by atomic mass is 10.2. The van der Waals surface area contributed by atoms with Crippen molar-refractivity contribution >= 4 is 34.4 Å². The molecule has 9 nitrogen and oxygen atoms in total. The maximum absolute atomic E-state index is 14.0. The van der Waals surface area contributed by atoms with Gasteiger partial charge in [-0.25, -0.2) is 9.07 Å². The van der Waals surface area contributed by atoms with Crippen LogP contribution in [-0.4, -0.2) is 35.4 Å². The summed E-state index contributed by atoms with van der Waals surface area (Å²) in [5, 5.41) is 12.0. The first-order chi connectivity index (χ1) is 15.9. The Hall–Kier alpha value is -4.31. The molecule has 164 valence electrons. The van der Waals surface area contributed by atoms with Crippen LogP contribution in [0.5, 0.6) is 0 Å². The average molecular weight is 464 g/mol. The zero-order valence-corrected chi connectivity index (χ0v) is 17.8. The van der Waals surface area contributed by atoms with Gasteiger partial charge in [0, 0.05) is 11.1 Å². The summed E-state index contributed by atoms with van der Waals surface area (Å²) in [7, 11) is 0. The maximum atomic E-state index is 14.0. The normalized spacial score (nSPS) is 11.1. The highest BCUT2D eigenvalue weighted by Crippen LogP contribution is 2.20. The van der Waals surface area contributed by atoms with E-state index in [9.17, 15) is 14.0 Å². The molecule has 0 saturated carbocycles. The SMILES string of the molecule is Cc1cc(NC(=O)c2ccccc2F)n(-c2nc3c(cnn3-c3cccc(Cl)c3)c(=O)[nH]2)n1. The summed E-state index contributed by atoms with van der Waals surface area (Å²) in [4.78, 5) is 32.5. The van der Waals surface area contributed by atoms with E-state index < -0.39 is 17.3 Å². The van der Waals surface area contributed by atoms with E-state index in [1.807, 2.05) is 0 Å². The van der Waals surface area contributed by atoms with Gasteiger partial charge < -0.3 is 5.32 Å². The summed E-state index contributed by atoms with van der Waals surface area (Å²) in [5.74, 6) is -1.07. The Balaban J connectivity index is 1.60. The number of rotatable bonds is 4. The number of fused-ring (bicyclic) bond motifs is 1. The number of amides is 1. The molecular formula is C22H15ClFN7O2. The number of hydrogen-bond acceptors (Lipinski definition) is 5. The molecule has 0 bridgehead atoms. The van der Waals surface area contributed by atoms with E-state index in [1.54, 1.807) is 43.3 Å². The lowest BCUT2D eigenvalue weighted by molar-refractivity contribution is 0.102. The number of aromatic nitrogens is 6. The molecule has 5 rings (SSSR count). The smallest absolute Gasteiger partial charge is 0.263 e. The van der Waals surface area contributed by atoms with Crippen LogP contribution >= 0.6 is 11.6 Å². The number of hydrogen-bond donors (Lipinski definition) is 2. The maximum Gasteiger partial charge on any atom is 0.263 e. The van der Waals surface area contributed by atoms with Gasteiger partial charge in [-0.15, -0.1) is 0 Å². The Morgan fingerprint density at radius 1 is 1.12 bits per heavy atom. The number of carbonyl (C=O) groups excluding carboxylic acids is 1. The molecule has 0 aliphatic carbocycles. The third-order valence-corrected chi connectivity index (χ3v) is 5.11. The summed E-state index contributed by atoms with van der Waals surface area (Å²) in [6.45, 7) is 1.71. The van der Waals surface area contributed by atoms with Gasteiger partial charge in [0.1, 0.15) is 17.0 Å². The van der Waals surface area contributed by atoms with Crippen molar-refractivity contribution in [3.8, 4) is 11.6 Å². The lowest BCUT2D eigenvalue weighted by Gasteiger charge is -2.09. The fourth-order valence-corrected chi connectivity index (χ4v) is 3.57. The molecule has 0 radical (unpaired) electrons. The van der Waals surface area contributed by atoms with Crippen LogP contribution in [-0.2, 0) is 0 Å². The summed E-state index contributed by atoms with van der Waals surface area (Å²) in [5.41, 5.74) is 0.869. The average Bonchev–Trinajstić information content (AvgIpc) is 3.37. The lowest BCUT2D eigenvalue weighted by Crippen LogP contribution is -2.19. The highest BCUT2D eigenvalue weighted by atomic mass is 35.5. The molecule has 0 unspecified atom stereocenters. The molecule has 1 amide bonds. The molecule has 11 heteroatoms. The standard InChI is InChI=1S/C22H15ClFN7O2/c1-12-9-18(26-20(32)15-7-2-3-8-17(15)24)31(29-12)22-27-19-16(21(33)28-22)11-25-30(19)14-6-4-5-13(23)10-14/h2-11H,1H3,(H,26,32)(H,27,28,33). The monoisotopic (exact) mass is 463 g/mol. The van der Waals surface area contributed by atoms with E-state index in [4.69, 9.17) is 11.6 Å². The molecule has 2 N–H and O–H groups in total. The molecule has 0 aliphatic rings. The van der Waals surface area contributed by atoms with Crippen LogP contribution in [0.1, 0.15) is 16.1 Å². The molecule has 5 aromatic rings. The van der Waals surface area contributed by atoms with Crippen LogP contribution in [0.15, 0.2) is 65.6 Å². The molecule has 3 heterocycles. The van der Waals surface area contributed by atoms with Crippen molar-refractivity contribution in [2.75, 3.05) is 5.32 Å². The van der Waals surface area contributed by atoms with Gasteiger partial charge in [0.05, 0.1) is 23.1 Å². The summed E-state index contributed by atoms with van der Waals surface area (Å²) in [6.07, 6.45) is 1.40. The molecule has 3 aromatic heterocycles. The first kappa shape index (κ1) is 20.6. The van der Waals surface area contributed by atoms with Crippen molar-refractivity contribution in [2.24, 2.45) is 0 Å². The van der Waals surface area contributed by atoms with Crippen LogP contribution in [0.3, 0.4) is 0 Å². The van der Waals surface area contributed by atoms with Crippen molar-refractivity contribution in [3.63, 3.8) is 0 Å². The number of carbonyl (C=O) groups is 1. The number of anilines is 1. The van der Waals surface area contributed by atoms with E-state index in [-0.39, 0.29) is 28.4 Å². The van der Waals surface area contributed by atoms with Gasteiger partial charge in [0.2, 0.25) is 5.95 Å². The van der Waals surface area contributed by atoms with Gasteiger partial charge in [0.25, 0.3) is 11.5 Å². The van der Waals surface area contributed by atoms with Crippen molar-refractivity contribution in [2.45, 2.75) is 6.92 Å². The highest BCUT2D eigenvalue weighted by Gasteiger charge is 2.18. The molecular weight excluding hydrogens is 449 g/mol. The second-order valence-corrected chi connectivity index (χ2v) is 7.62. The summed E-state index contributed by atoms with van der Waals surface area (Å²) < 4.78 is 16.8. The van der Waals surface area contributed by atoms with Crippen LogP contribution in [0.25, 0.3) is 22.7 Å². The van der Waals surface area contributed by atoms with Crippen LogP contribution < -0.4 is 10.9 Å². The van der Waals surface area contributed by atoms with E-state index in [1.165, 1.54) is 33.8 Å². The van der Waals surface area contributed by atoms with Gasteiger partial charge in [-0.2, -0.15) is 19.9 Å². The zero-order valence-electron chi connectivity index (χ0n) is 17.1. The number of nitrogens with one attached hydrogen (secondary N) is 2. The number of aryl methyl sites for hydroxylation is 1. The molecule has 2 aromatic carbocycles. The minimum absolute atomic E-state index is 0.0493. The number of halogens is 2. The summed E-state index contributed by atoms with van der Waals surface area (Å²) >= 11 is 6.09. The molecule has 33 heavy (non-hydrogen) atoms.